The number of rotatable bonds is 4. The van der Waals surface area contributed by atoms with Gasteiger partial charge in [0.15, 0.2) is 5.78 Å². The van der Waals surface area contributed by atoms with Crippen LogP contribution in [0.4, 0.5) is 5.95 Å². The van der Waals surface area contributed by atoms with Crippen molar-refractivity contribution in [2.24, 2.45) is 0 Å². The summed E-state index contributed by atoms with van der Waals surface area (Å²) in [6.45, 7) is 4.34. The van der Waals surface area contributed by atoms with Gasteiger partial charge in [-0.2, -0.15) is 4.68 Å². The number of anilines is 1. The highest BCUT2D eigenvalue weighted by Crippen LogP contribution is 2.43. The molecule has 0 spiro atoms. The van der Waals surface area contributed by atoms with Crippen molar-refractivity contribution in [3.05, 3.63) is 76.5 Å². The van der Waals surface area contributed by atoms with Crippen LogP contribution < -0.4 is 10.1 Å². The first kappa shape index (κ1) is 19.5. The van der Waals surface area contributed by atoms with Gasteiger partial charge >= 0.3 is 0 Å². The molecule has 2 aromatic carbocycles. The summed E-state index contributed by atoms with van der Waals surface area (Å²) in [5, 5.41) is 15.5. The minimum Gasteiger partial charge on any atom is -0.497 e. The Bertz CT molecular complexity index is 1150. The summed E-state index contributed by atoms with van der Waals surface area (Å²) in [5.41, 5.74) is 5.09. The second-order valence-electron chi connectivity index (χ2n) is 8.49. The lowest BCUT2D eigenvalue weighted by Gasteiger charge is -2.34. The summed E-state index contributed by atoms with van der Waals surface area (Å²) < 4.78 is 6.98. The lowest BCUT2D eigenvalue weighted by Crippen LogP contribution is -2.33. The first-order valence-electron chi connectivity index (χ1n) is 10.6. The number of ether oxygens (including phenoxy) is 1. The summed E-state index contributed by atoms with van der Waals surface area (Å²) in [7, 11) is 1.65. The van der Waals surface area contributed by atoms with E-state index in [0.29, 0.717) is 18.3 Å². The van der Waals surface area contributed by atoms with Crippen LogP contribution in [-0.2, 0) is 4.79 Å². The van der Waals surface area contributed by atoms with E-state index in [-0.39, 0.29) is 17.7 Å². The number of aromatic nitrogens is 4. The average molecular weight is 415 g/mol. The van der Waals surface area contributed by atoms with Crippen molar-refractivity contribution >= 4 is 11.7 Å². The number of hydrogen-bond donors (Lipinski definition) is 1. The van der Waals surface area contributed by atoms with Gasteiger partial charge in [-0.25, -0.2) is 0 Å². The van der Waals surface area contributed by atoms with Gasteiger partial charge in [0.25, 0.3) is 0 Å². The quantitative estimate of drug-likeness (QED) is 0.687. The molecule has 2 atom stereocenters. The smallest absolute Gasteiger partial charge is 0.248 e. The van der Waals surface area contributed by atoms with Crippen molar-refractivity contribution in [1.82, 2.24) is 20.2 Å². The van der Waals surface area contributed by atoms with E-state index in [1.807, 2.05) is 24.3 Å². The molecule has 3 aromatic rings. The predicted molar refractivity (Wildman–Crippen MR) is 117 cm³/mol. The second-order valence-corrected chi connectivity index (χ2v) is 8.49. The Morgan fingerprint density at radius 3 is 2.42 bits per heavy atom. The summed E-state index contributed by atoms with van der Waals surface area (Å²) >= 11 is 0. The van der Waals surface area contributed by atoms with Gasteiger partial charge in [0.2, 0.25) is 5.95 Å². The summed E-state index contributed by atoms with van der Waals surface area (Å²) in [6.07, 6.45) is 1.20. The maximum absolute atomic E-state index is 13.4. The van der Waals surface area contributed by atoms with Crippen LogP contribution in [0.1, 0.15) is 61.3 Å². The molecule has 1 N–H and O–H groups in total. The van der Waals surface area contributed by atoms with E-state index in [1.54, 1.807) is 11.8 Å². The van der Waals surface area contributed by atoms with Crippen LogP contribution in [0.15, 0.2) is 59.8 Å². The molecule has 0 bridgehead atoms. The van der Waals surface area contributed by atoms with Crippen molar-refractivity contribution < 1.29 is 9.53 Å². The molecule has 2 heterocycles. The van der Waals surface area contributed by atoms with E-state index < -0.39 is 0 Å². The molecule has 1 aliphatic heterocycles. The van der Waals surface area contributed by atoms with Crippen LogP contribution >= 0.6 is 0 Å². The third-order valence-electron chi connectivity index (χ3n) is 6.29. The number of ketones is 1. The van der Waals surface area contributed by atoms with Gasteiger partial charge in [-0.15, -0.1) is 0 Å². The Kier molecular flexibility index (Phi) is 4.81. The van der Waals surface area contributed by atoms with Gasteiger partial charge < -0.3 is 10.1 Å². The Labute approximate surface area is 181 Å². The fourth-order valence-corrected chi connectivity index (χ4v) is 4.56. The maximum Gasteiger partial charge on any atom is 0.248 e. The van der Waals surface area contributed by atoms with Crippen LogP contribution in [-0.4, -0.2) is 33.1 Å². The molecule has 0 amide bonds. The zero-order valence-electron chi connectivity index (χ0n) is 17.9. The van der Waals surface area contributed by atoms with Crippen molar-refractivity contribution in [2.75, 3.05) is 12.4 Å². The Morgan fingerprint density at radius 2 is 1.74 bits per heavy atom. The molecule has 0 fully saturated rings. The normalized spacial score (nSPS) is 20.3. The number of fused-ring (bicyclic) bond motifs is 1. The molecule has 5 rings (SSSR count). The molecule has 7 nitrogen and oxygen atoms in total. The highest BCUT2D eigenvalue weighted by atomic mass is 16.5. The highest BCUT2D eigenvalue weighted by molar-refractivity contribution is 6.00. The fraction of sp³-hybridized carbons (Fsp3) is 0.333. The summed E-state index contributed by atoms with van der Waals surface area (Å²) in [6, 6.07) is 16.1. The first-order chi connectivity index (χ1) is 15.0. The predicted octanol–water partition coefficient (Wildman–Crippen LogP) is 4.22. The average Bonchev–Trinajstić information content (AvgIpc) is 3.26. The minimum absolute atomic E-state index is 0.107. The molecule has 0 saturated carbocycles. The van der Waals surface area contributed by atoms with Crippen LogP contribution in [0.3, 0.4) is 0 Å². The van der Waals surface area contributed by atoms with Crippen LogP contribution in [0.2, 0.25) is 0 Å². The van der Waals surface area contributed by atoms with Crippen LogP contribution in [0, 0.1) is 0 Å². The zero-order valence-corrected chi connectivity index (χ0v) is 17.9. The molecule has 2 aliphatic rings. The molecular weight excluding hydrogens is 390 g/mol. The third kappa shape index (κ3) is 3.40. The number of methoxy groups -OCH3 is 1. The van der Waals surface area contributed by atoms with Crippen molar-refractivity contribution in [3.8, 4) is 5.75 Å². The lowest BCUT2D eigenvalue weighted by molar-refractivity contribution is -0.116. The van der Waals surface area contributed by atoms with E-state index in [9.17, 15) is 4.79 Å². The van der Waals surface area contributed by atoms with E-state index in [1.165, 1.54) is 5.56 Å². The largest absolute Gasteiger partial charge is 0.497 e. The van der Waals surface area contributed by atoms with E-state index >= 15 is 0 Å². The van der Waals surface area contributed by atoms with Gasteiger partial charge in [0.05, 0.1) is 7.11 Å². The highest BCUT2D eigenvalue weighted by Gasteiger charge is 2.39. The molecule has 1 aromatic heterocycles. The van der Waals surface area contributed by atoms with E-state index in [2.05, 4.69) is 59.0 Å². The van der Waals surface area contributed by atoms with Gasteiger partial charge in [0.1, 0.15) is 11.8 Å². The Morgan fingerprint density at radius 1 is 1.03 bits per heavy atom. The van der Waals surface area contributed by atoms with Gasteiger partial charge in [-0.3, -0.25) is 4.79 Å². The Hall–Kier alpha value is -3.48. The molecule has 0 unspecified atom stereocenters. The molecule has 0 radical (unpaired) electrons. The van der Waals surface area contributed by atoms with E-state index in [0.717, 1.165) is 34.6 Å². The van der Waals surface area contributed by atoms with Gasteiger partial charge in [0, 0.05) is 17.7 Å². The van der Waals surface area contributed by atoms with Crippen LogP contribution in [0.25, 0.3) is 0 Å². The number of carbonyl (C=O) groups is 1. The molecular formula is C24H25N5O2. The van der Waals surface area contributed by atoms with Crippen molar-refractivity contribution in [2.45, 2.75) is 44.6 Å². The third-order valence-corrected chi connectivity index (χ3v) is 6.29. The molecule has 0 saturated heterocycles. The number of nitrogens with zero attached hydrogens (tertiary/aromatic N) is 4. The van der Waals surface area contributed by atoms with Gasteiger partial charge in [-0.1, -0.05) is 55.3 Å². The van der Waals surface area contributed by atoms with Crippen molar-refractivity contribution in [3.63, 3.8) is 0 Å². The zero-order chi connectivity index (χ0) is 21.5. The Balaban J connectivity index is 1.53. The van der Waals surface area contributed by atoms with E-state index in [4.69, 9.17) is 4.74 Å². The standard InChI is InChI=1S/C24H25N5O2/c1-14(2)15-4-6-17(7-5-15)23-22-20(25-24-26-27-28-29(23)24)12-18(13-21(22)30)16-8-10-19(31-3)11-9-16/h4-11,14,18,23H,12-13H2,1-3H3,(H,25,26,28)/t18-,23-/m0/s1. The number of hydrogen-bond acceptors (Lipinski definition) is 6. The number of carbonyl (C=O) groups excluding carboxylic acids is 1. The van der Waals surface area contributed by atoms with Crippen LogP contribution in [0.5, 0.6) is 5.75 Å². The SMILES string of the molecule is COc1ccc([C@@H]2CC(=O)C3=C(C2)Nc2nnnn2[C@H]3c2ccc(C(C)C)cc2)cc1. The maximum atomic E-state index is 13.4. The molecule has 7 heteroatoms. The fourth-order valence-electron chi connectivity index (χ4n) is 4.56. The monoisotopic (exact) mass is 415 g/mol. The van der Waals surface area contributed by atoms with Crippen molar-refractivity contribution in [1.29, 1.82) is 0 Å². The number of Topliss-reactive ketones (excluding diaryl/α,β-unsaturated/α-hetero) is 1. The number of nitrogens with one attached hydrogen (secondary N) is 1. The first-order valence-corrected chi connectivity index (χ1v) is 10.6. The number of tetrazole rings is 1. The number of benzene rings is 2. The second kappa shape index (κ2) is 7.65. The minimum atomic E-state index is -0.313. The summed E-state index contributed by atoms with van der Waals surface area (Å²) in [4.78, 5) is 13.4. The number of allylic oxidation sites excluding steroid dienone is 2. The topological polar surface area (TPSA) is 81.9 Å². The molecule has 158 valence electrons. The summed E-state index contributed by atoms with van der Waals surface area (Å²) in [5.74, 6) is 2.07. The lowest BCUT2D eigenvalue weighted by atomic mass is 9.78. The molecule has 1 aliphatic carbocycles. The van der Waals surface area contributed by atoms with Gasteiger partial charge in [-0.05, 0) is 57.5 Å². The molecule has 31 heavy (non-hydrogen) atoms.